The van der Waals surface area contributed by atoms with E-state index in [4.69, 9.17) is 9.47 Å². The second kappa shape index (κ2) is 9.92. The maximum atomic E-state index is 9.78. The fraction of sp³-hybridized carbons (Fsp3) is 0.625. The van der Waals surface area contributed by atoms with Gasteiger partial charge >= 0.3 is 0 Å². The first-order chi connectivity index (χ1) is 10.0. The summed E-state index contributed by atoms with van der Waals surface area (Å²) in [6.07, 6.45) is 1.75. The van der Waals surface area contributed by atoms with E-state index in [2.05, 4.69) is 18.5 Å². The zero-order valence-electron chi connectivity index (χ0n) is 13.3. The number of aliphatic hydroxyl groups is 1. The van der Waals surface area contributed by atoms with Gasteiger partial charge in [-0.1, -0.05) is 13.8 Å². The number of hydrogen-bond donors (Lipinski definition) is 2. The average molecular weight is 313 g/mol. The first-order valence-corrected chi connectivity index (χ1v) is 8.70. The van der Waals surface area contributed by atoms with Gasteiger partial charge in [-0.15, -0.1) is 0 Å². The van der Waals surface area contributed by atoms with Gasteiger partial charge in [-0.05, 0) is 37.4 Å². The third-order valence-electron chi connectivity index (χ3n) is 2.77. The van der Waals surface area contributed by atoms with Crippen LogP contribution in [0.1, 0.15) is 20.8 Å². The van der Waals surface area contributed by atoms with Gasteiger partial charge < -0.3 is 19.9 Å². The lowest BCUT2D eigenvalue weighted by Crippen LogP contribution is -2.35. The fourth-order valence-electron chi connectivity index (χ4n) is 1.74. The van der Waals surface area contributed by atoms with Crippen molar-refractivity contribution in [2.75, 3.05) is 25.2 Å². The molecule has 0 aliphatic carbocycles. The largest absolute Gasteiger partial charge is 0.491 e. The van der Waals surface area contributed by atoms with Crippen LogP contribution < -0.4 is 14.8 Å². The topological polar surface area (TPSA) is 50.7 Å². The number of rotatable bonds is 10. The van der Waals surface area contributed by atoms with Crippen LogP contribution in [0.5, 0.6) is 11.5 Å². The lowest BCUT2D eigenvalue weighted by molar-refractivity contribution is 0.104. The standard InChI is InChI=1S/C16H27NO3S/c1-12(2)17-9-14(18)10-19-15-5-7-16(8-6-15)20-13(3)11-21-4/h5-8,12-14,17-18H,9-11H2,1-4H3. The van der Waals surface area contributed by atoms with E-state index in [0.717, 1.165) is 17.3 Å². The molecule has 1 aromatic rings. The van der Waals surface area contributed by atoms with Crippen LogP contribution in [0.4, 0.5) is 0 Å². The Kier molecular flexibility index (Phi) is 8.57. The number of ether oxygens (including phenoxy) is 2. The van der Waals surface area contributed by atoms with E-state index in [0.29, 0.717) is 12.6 Å². The quantitative estimate of drug-likeness (QED) is 0.695. The predicted octanol–water partition coefficient (Wildman–Crippen LogP) is 2.55. The van der Waals surface area contributed by atoms with E-state index in [1.54, 1.807) is 11.8 Å². The van der Waals surface area contributed by atoms with Crippen LogP contribution in [-0.4, -0.2) is 48.5 Å². The molecule has 0 radical (unpaired) electrons. The summed E-state index contributed by atoms with van der Waals surface area (Å²) < 4.78 is 11.3. The van der Waals surface area contributed by atoms with Crippen molar-refractivity contribution in [3.05, 3.63) is 24.3 Å². The minimum absolute atomic E-state index is 0.190. The Labute approximate surface area is 132 Å². The molecule has 0 bridgehead atoms. The summed E-state index contributed by atoms with van der Waals surface area (Å²) in [6, 6.07) is 7.88. The first-order valence-electron chi connectivity index (χ1n) is 7.31. The highest BCUT2D eigenvalue weighted by atomic mass is 32.2. The monoisotopic (exact) mass is 313 g/mol. The fourth-order valence-corrected chi connectivity index (χ4v) is 2.28. The van der Waals surface area contributed by atoms with Gasteiger partial charge in [0.15, 0.2) is 0 Å². The maximum absolute atomic E-state index is 9.78. The molecule has 4 nitrogen and oxygen atoms in total. The van der Waals surface area contributed by atoms with Crippen molar-refractivity contribution >= 4 is 11.8 Å². The van der Waals surface area contributed by atoms with Crippen molar-refractivity contribution < 1.29 is 14.6 Å². The van der Waals surface area contributed by atoms with Gasteiger partial charge in [-0.25, -0.2) is 0 Å². The molecule has 1 rings (SSSR count). The first kappa shape index (κ1) is 18.1. The molecule has 2 atom stereocenters. The van der Waals surface area contributed by atoms with Gasteiger partial charge in [0.05, 0.1) is 0 Å². The molecule has 1 aromatic carbocycles. The van der Waals surface area contributed by atoms with Crippen molar-refractivity contribution in [3.8, 4) is 11.5 Å². The van der Waals surface area contributed by atoms with Crippen LogP contribution in [0.2, 0.25) is 0 Å². The molecule has 5 heteroatoms. The Hall–Kier alpha value is -0.910. The van der Waals surface area contributed by atoms with E-state index in [9.17, 15) is 5.11 Å². The summed E-state index contributed by atoms with van der Waals surface area (Å²) in [6.45, 7) is 6.96. The van der Waals surface area contributed by atoms with Crippen LogP contribution in [0.15, 0.2) is 24.3 Å². The zero-order valence-corrected chi connectivity index (χ0v) is 14.2. The molecule has 21 heavy (non-hydrogen) atoms. The van der Waals surface area contributed by atoms with Gasteiger partial charge in [0, 0.05) is 18.3 Å². The molecule has 2 unspecified atom stereocenters. The van der Waals surface area contributed by atoms with Crippen molar-refractivity contribution in [1.82, 2.24) is 5.32 Å². The lowest BCUT2D eigenvalue weighted by Gasteiger charge is -2.16. The molecule has 2 N–H and O–H groups in total. The summed E-state index contributed by atoms with van der Waals surface area (Å²) in [4.78, 5) is 0. The molecule has 0 heterocycles. The molecule has 120 valence electrons. The normalized spacial score (nSPS) is 14.0. The third kappa shape index (κ3) is 8.19. The van der Waals surface area contributed by atoms with Gasteiger partial charge in [-0.2, -0.15) is 11.8 Å². The summed E-state index contributed by atoms with van der Waals surface area (Å²) in [5.74, 6) is 2.54. The minimum Gasteiger partial charge on any atom is -0.491 e. The SMILES string of the molecule is CSCC(C)Oc1ccc(OCC(O)CNC(C)C)cc1. The van der Waals surface area contributed by atoms with Crippen molar-refractivity contribution in [2.45, 2.75) is 39.0 Å². The van der Waals surface area contributed by atoms with E-state index < -0.39 is 6.10 Å². The predicted molar refractivity (Wildman–Crippen MR) is 89.6 cm³/mol. The Morgan fingerprint density at radius 1 is 1.14 bits per heavy atom. The Morgan fingerprint density at radius 2 is 1.76 bits per heavy atom. The van der Waals surface area contributed by atoms with Gasteiger partial charge in [0.25, 0.3) is 0 Å². The number of nitrogens with one attached hydrogen (secondary N) is 1. The number of hydrogen-bond acceptors (Lipinski definition) is 5. The summed E-state index contributed by atoms with van der Waals surface area (Å²) in [5, 5.41) is 12.9. The van der Waals surface area contributed by atoms with Crippen molar-refractivity contribution in [2.24, 2.45) is 0 Å². The van der Waals surface area contributed by atoms with E-state index >= 15 is 0 Å². The zero-order chi connectivity index (χ0) is 15.7. The number of benzene rings is 1. The van der Waals surface area contributed by atoms with E-state index in [1.807, 2.05) is 38.1 Å². The highest BCUT2D eigenvalue weighted by Gasteiger charge is 2.07. The van der Waals surface area contributed by atoms with Gasteiger partial charge in [0.1, 0.15) is 30.3 Å². The molecular weight excluding hydrogens is 286 g/mol. The van der Waals surface area contributed by atoms with Gasteiger partial charge in [-0.3, -0.25) is 0 Å². The lowest BCUT2D eigenvalue weighted by atomic mass is 10.3. The third-order valence-corrected chi connectivity index (χ3v) is 3.57. The highest BCUT2D eigenvalue weighted by molar-refractivity contribution is 7.98. The second-order valence-electron chi connectivity index (χ2n) is 5.38. The molecule has 0 aliphatic heterocycles. The Morgan fingerprint density at radius 3 is 2.33 bits per heavy atom. The molecule has 0 saturated heterocycles. The molecule has 0 amide bonds. The molecule has 0 aliphatic rings. The Bertz CT molecular complexity index is 384. The van der Waals surface area contributed by atoms with Crippen LogP contribution in [0.3, 0.4) is 0 Å². The van der Waals surface area contributed by atoms with E-state index in [1.165, 1.54) is 0 Å². The minimum atomic E-state index is -0.509. The van der Waals surface area contributed by atoms with Crippen molar-refractivity contribution in [1.29, 1.82) is 0 Å². The molecular formula is C16H27NO3S. The van der Waals surface area contributed by atoms with Crippen LogP contribution >= 0.6 is 11.8 Å². The summed E-state index contributed by atoms with van der Waals surface area (Å²) >= 11 is 1.77. The molecule has 0 saturated carbocycles. The van der Waals surface area contributed by atoms with E-state index in [-0.39, 0.29) is 12.7 Å². The number of aliphatic hydroxyl groups excluding tert-OH is 1. The highest BCUT2D eigenvalue weighted by Crippen LogP contribution is 2.19. The maximum Gasteiger partial charge on any atom is 0.120 e. The van der Waals surface area contributed by atoms with Crippen LogP contribution in [0.25, 0.3) is 0 Å². The summed E-state index contributed by atoms with van der Waals surface area (Å²) in [5.41, 5.74) is 0. The molecule has 0 aromatic heterocycles. The van der Waals surface area contributed by atoms with Crippen LogP contribution in [-0.2, 0) is 0 Å². The molecule has 0 fully saturated rings. The average Bonchev–Trinajstić information content (AvgIpc) is 2.44. The molecule has 0 spiro atoms. The Balaban J connectivity index is 2.33. The second-order valence-corrected chi connectivity index (χ2v) is 6.29. The summed E-state index contributed by atoms with van der Waals surface area (Å²) in [7, 11) is 0. The smallest absolute Gasteiger partial charge is 0.120 e. The number of thioether (sulfide) groups is 1. The van der Waals surface area contributed by atoms with Crippen LogP contribution in [0, 0.1) is 0 Å². The van der Waals surface area contributed by atoms with Crippen molar-refractivity contribution in [3.63, 3.8) is 0 Å². The van der Waals surface area contributed by atoms with Gasteiger partial charge in [0.2, 0.25) is 0 Å².